The molecule has 27 heavy (non-hydrogen) atoms. The van der Waals surface area contributed by atoms with Crippen molar-refractivity contribution in [1.29, 1.82) is 0 Å². The maximum absolute atomic E-state index is 12.2. The third kappa shape index (κ3) is 3.74. The highest BCUT2D eigenvalue weighted by Gasteiger charge is 2.08. The van der Waals surface area contributed by atoms with Crippen molar-refractivity contribution in [2.24, 2.45) is 0 Å². The quantitative estimate of drug-likeness (QED) is 0.436. The molecule has 1 aromatic carbocycles. The molecule has 0 aliphatic carbocycles. The molecule has 4 rings (SSSR count). The molecule has 8 nitrogen and oxygen atoms in total. The molecule has 0 saturated heterocycles. The number of rotatable bonds is 7. The van der Waals surface area contributed by atoms with E-state index in [1.165, 1.54) is 10.6 Å². The number of nitrogens with one attached hydrogen (secondary N) is 3. The molecule has 0 fully saturated rings. The van der Waals surface area contributed by atoms with E-state index in [4.69, 9.17) is 0 Å². The Morgan fingerprint density at radius 2 is 2.00 bits per heavy atom. The van der Waals surface area contributed by atoms with E-state index in [1.807, 2.05) is 24.3 Å². The van der Waals surface area contributed by atoms with Crippen molar-refractivity contribution in [3.05, 3.63) is 64.5 Å². The Hall–Kier alpha value is -3.42. The van der Waals surface area contributed by atoms with Gasteiger partial charge in [0.15, 0.2) is 5.65 Å². The van der Waals surface area contributed by atoms with Crippen molar-refractivity contribution in [1.82, 2.24) is 29.9 Å². The van der Waals surface area contributed by atoms with Crippen LogP contribution in [0.1, 0.15) is 35.4 Å². The first-order chi connectivity index (χ1) is 13.2. The summed E-state index contributed by atoms with van der Waals surface area (Å²) in [4.78, 5) is 31.7. The molecule has 3 heterocycles. The standard InChI is InChI=1S/C19H20N6O2/c26-18(13-9-10-17-23-24-19(27)25(17)12-13)20-11-5-1-2-8-16-21-14-6-3-4-7-15(14)22-16/h3-4,6-7,9-10,12H,1-2,5,8,11H2,(H,20,26)(H,21,22)(H,24,27). The Morgan fingerprint density at radius 1 is 1.11 bits per heavy atom. The van der Waals surface area contributed by atoms with Crippen LogP contribution < -0.4 is 11.0 Å². The predicted molar refractivity (Wildman–Crippen MR) is 102 cm³/mol. The van der Waals surface area contributed by atoms with Crippen molar-refractivity contribution in [2.75, 3.05) is 6.54 Å². The van der Waals surface area contributed by atoms with Crippen LogP contribution in [0.2, 0.25) is 0 Å². The minimum atomic E-state index is -0.356. The molecule has 0 atom stereocenters. The second-order valence-electron chi connectivity index (χ2n) is 6.44. The summed E-state index contributed by atoms with van der Waals surface area (Å²) in [7, 11) is 0. The number of pyridine rings is 1. The zero-order chi connectivity index (χ0) is 18.6. The summed E-state index contributed by atoms with van der Waals surface area (Å²) in [6, 6.07) is 11.3. The summed E-state index contributed by atoms with van der Waals surface area (Å²) < 4.78 is 1.32. The van der Waals surface area contributed by atoms with Gasteiger partial charge in [-0.15, -0.1) is 0 Å². The molecule has 0 radical (unpaired) electrons. The van der Waals surface area contributed by atoms with Crippen LogP contribution in [0.5, 0.6) is 0 Å². The number of aromatic amines is 2. The maximum Gasteiger partial charge on any atom is 0.347 e. The first-order valence-corrected chi connectivity index (χ1v) is 8.99. The van der Waals surface area contributed by atoms with Gasteiger partial charge in [0.1, 0.15) is 5.82 Å². The summed E-state index contributed by atoms with van der Waals surface area (Å²) in [6.07, 6.45) is 5.28. The number of H-pyrrole nitrogens is 2. The van der Waals surface area contributed by atoms with Crippen molar-refractivity contribution in [3.63, 3.8) is 0 Å². The lowest BCUT2D eigenvalue weighted by Crippen LogP contribution is -2.25. The van der Waals surface area contributed by atoms with E-state index in [0.29, 0.717) is 17.8 Å². The van der Waals surface area contributed by atoms with Crippen LogP contribution in [0.4, 0.5) is 0 Å². The summed E-state index contributed by atoms with van der Waals surface area (Å²) >= 11 is 0. The molecular weight excluding hydrogens is 344 g/mol. The average molecular weight is 364 g/mol. The molecule has 4 aromatic rings. The third-order valence-corrected chi connectivity index (χ3v) is 4.49. The van der Waals surface area contributed by atoms with E-state index in [0.717, 1.165) is 42.5 Å². The number of benzene rings is 1. The fraction of sp³-hybridized carbons (Fsp3) is 0.263. The fourth-order valence-electron chi connectivity index (χ4n) is 3.06. The highest BCUT2D eigenvalue weighted by atomic mass is 16.2. The molecule has 0 aliphatic heterocycles. The van der Waals surface area contributed by atoms with E-state index in [-0.39, 0.29) is 11.6 Å². The van der Waals surface area contributed by atoms with Gasteiger partial charge < -0.3 is 10.3 Å². The van der Waals surface area contributed by atoms with Crippen molar-refractivity contribution in [2.45, 2.75) is 25.7 Å². The number of unbranched alkanes of at least 4 members (excludes halogenated alkanes) is 2. The molecule has 0 spiro atoms. The Bertz CT molecular complexity index is 1110. The second kappa shape index (κ2) is 7.45. The van der Waals surface area contributed by atoms with Crippen LogP contribution in [0.15, 0.2) is 47.4 Å². The number of carbonyl (C=O) groups is 1. The summed E-state index contributed by atoms with van der Waals surface area (Å²) in [6.45, 7) is 0.595. The van der Waals surface area contributed by atoms with Gasteiger partial charge in [0.2, 0.25) is 0 Å². The number of hydrogen-bond acceptors (Lipinski definition) is 4. The summed E-state index contributed by atoms with van der Waals surface area (Å²) in [5.74, 6) is 0.807. The number of aryl methyl sites for hydroxylation is 1. The van der Waals surface area contributed by atoms with Gasteiger partial charge in [-0.1, -0.05) is 18.6 Å². The molecule has 138 valence electrons. The van der Waals surface area contributed by atoms with Crippen molar-refractivity contribution in [3.8, 4) is 0 Å². The average Bonchev–Trinajstić information content (AvgIpc) is 3.27. The highest BCUT2D eigenvalue weighted by Crippen LogP contribution is 2.12. The van der Waals surface area contributed by atoms with Crippen LogP contribution >= 0.6 is 0 Å². The molecule has 0 unspecified atom stereocenters. The normalized spacial score (nSPS) is 11.3. The van der Waals surface area contributed by atoms with E-state index >= 15 is 0 Å². The Balaban J connectivity index is 1.21. The SMILES string of the molecule is O=C(NCCCCCc1nc2ccccc2[nH]1)c1ccc2n[nH]c(=O)n2c1. The number of carbonyl (C=O) groups excluding carboxylic acids is 1. The first-order valence-electron chi connectivity index (χ1n) is 8.99. The summed E-state index contributed by atoms with van der Waals surface area (Å²) in [5, 5.41) is 9.08. The fourth-order valence-corrected chi connectivity index (χ4v) is 3.06. The summed E-state index contributed by atoms with van der Waals surface area (Å²) in [5.41, 5.74) is 2.63. The molecule has 0 bridgehead atoms. The molecule has 1 amide bonds. The monoisotopic (exact) mass is 364 g/mol. The van der Waals surface area contributed by atoms with Gasteiger partial charge in [0.25, 0.3) is 5.91 Å². The molecule has 8 heteroatoms. The number of amides is 1. The topological polar surface area (TPSA) is 108 Å². The molecule has 3 N–H and O–H groups in total. The van der Waals surface area contributed by atoms with E-state index < -0.39 is 0 Å². The van der Waals surface area contributed by atoms with E-state index in [2.05, 4.69) is 25.5 Å². The molecule has 3 aromatic heterocycles. The lowest BCUT2D eigenvalue weighted by Gasteiger charge is -2.05. The van der Waals surface area contributed by atoms with E-state index in [9.17, 15) is 9.59 Å². The maximum atomic E-state index is 12.2. The lowest BCUT2D eigenvalue weighted by molar-refractivity contribution is 0.0952. The lowest BCUT2D eigenvalue weighted by atomic mass is 10.2. The Labute approximate surface area is 154 Å². The van der Waals surface area contributed by atoms with E-state index in [1.54, 1.807) is 12.1 Å². The Kier molecular flexibility index (Phi) is 4.69. The largest absolute Gasteiger partial charge is 0.352 e. The minimum absolute atomic E-state index is 0.192. The van der Waals surface area contributed by atoms with Gasteiger partial charge in [0, 0.05) is 19.2 Å². The van der Waals surface area contributed by atoms with Gasteiger partial charge in [-0.25, -0.2) is 19.3 Å². The van der Waals surface area contributed by atoms with Crippen LogP contribution in [0.3, 0.4) is 0 Å². The van der Waals surface area contributed by atoms with Crippen LogP contribution in [0, 0.1) is 0 Å². The number of fused-ring (bicyclic) bond motifs is 2. The number of nitrogens with zero attached hydrogens (tertiary/aromatic N) is 3. The second-order valence-corrected chi connectivity index (χ2v) is 6.44. The van der Waals surface area contributed by atoms with Gasteiger partial charge >= 0.3 is 5.69 Å². The van der Waals surface area contributed by atoms with Gasteiger partial charge in [0.05, 0.1) is 16.6 Å². The number of para-hydroxylation sites is 2. The molecular formula is C19H20N6O2. The third-order valence-electron chi connectivity index (χ3n) is 4.49. The van der Waals surface area contributed by atoms with Crippen molar-refractivity contribution >= 4 is 22.6 Å². The Morgan fingerprint density at radius 3 is 2.89 bits per heavy atom. The van der Waals surface area contributed by atoms with Gasteiger partial charge in [-0.3, -0.25) is 4.79 Å². The van der Waals surface area contributed by atoms with Crippen molar-refractivity contribution < 1.29 is 4.79 Å². The zero-order valence-electron chi connectivity index (χ0n) is 14.7. The predicted octanol–water partition coefficient (Wildman–Crippen LogP) is 2.04. The highest BCUT2D eigenvalue weighted by molar-refractivity contribution is 5.94. The van der Waals surface area contributed by atoms with Crippen LogP contribution in [-0.4, -0.2) is 37.0 Å². The number of aromatic nitrogens is 5. The van der Waals surface area contributed by atoms with Crippen LogP contribution in [0.25, 0.3) is 16.7 Å². The smallest absolute Gasteiger partial charge is 0.347 e. The number of imidazole rings is 1. The zero-order valence-corrected chi connectivity index (χ0v) is 14.7. The molecule has 0 saturated carbocycles. The molecule has 0 aliphatic rings. The number of hydrogen-bond donors (Lipinski definition) is 3. The minimum Gasteiger partial charge on any atom is -0.352 e. The van der Waals surface area contributed by atoms with Gasteiger partial charge in [-0.2, -0.15) is 5.10 Å². The van der Waals surface area contributed by atoms with Crippen LogP contribution in [-0.2, 0) is 6.42 Å². The van der Waals surface area contributed by atoms with Gasteiger partial charge in [-0.05, 0) is 37.1 Å². The first kappa shape index (κ1) is 17.0.